The maximum atomic E-state index is 10.9. The molecule has 1 N–H and O–H groups in total. The van der Waals surface area contributed by atoms with E-state index in [1.165, 1.54) is 0 Å². The molecule has 1 fully saturated rings. The minimum absolute atomic E-state index is 0.192. The van der Waals surface area contributed by atoms with Crippen LogP contribution in [0.15, 0.2) is 0 Å². The Kier molecular flexibility index (Phi) is 3.75. The van der Waals surface area contributed by atoms with Gasteiger partial charge in [-0.2, -0.15) is 0 Å². The van der Waals surface area contributed by atoms with Crippen molar-refractivity contribution in [3.8, 4) is 0 Å². The van der Waals surface area contributed by atoms with E-state index in [2.05, 4.69) is 19.2 Å². The number of carbonyl (C=O) groups is 1. The largest absolute Gasteiger partial charge is 0.446 e. The van der Waals surface area contributed by atoms with Gasteiger partial charge in [0.25, 0.3) is 0 Å². The van der Waals surface area contributed by atoms with E-state index in [1.54, 1.807) is 7.05 Å². The van der Waals surface area contributed by atoms with Gasteiger partial charge < -0.3 is 14.8 Å². The zero-order valence-corrected chi connectivity index (χ0v) is 9.13. The van der Waals surface area contributed by atoms with E-state index >= 15 is 0 Å². The molecule has 1 heterocycles. The first kappa shape index (κ1) is 11.3. The molecule has 14 heavy (non-hydrogen) atoms. The number of hydrogen-bond acceptors (Lipinski definition) is 3. The van der Waals surface area contributed by atoms with Crippen molar-refractivity contribution in [2.75, 3.05) is 13.7 Å². The minimum atomic E-state index is -0.386. The monoisotopic (exact) mass is 201 g/mol. The molecule has 1 amide bonds. The van der Waals surface area contributed by atoms with Crippen molar-refractivity contribution < 1.29 is 14.3 Å². The zero-order valence-electron chi connectivity index (χ0n) is 9.13. The van der Waals surface area contributed by atoms with Crippen LogP contribution in [0.5, 0.6) is 0 Å². The predicted molar refractivity (Wildman–Crippen MR) is 53.2 cm³/mol. The third-order valence-electron chi connectivity index (χ3n) is 2.71. The standard InChI is InChI=1S/C10H19NO3/c1-4-6-8-10(5-2,14-8)7-13-9(12)11-3/h8H,4-7H2,1-3H3,(H,11,12)/t8-,10-/m1/s1. The smallest absolute Gasteiger partial charge is 0.406 e. The number of amides is 1. The molecule has 4 nitrogen and oxygen atoms in total. The number of carbonyl (C=O) groups excluding carboxylic acids is 1. The highest BCUT2D eigenvalue weighted by atomic mass is 16.6. The Morgan fingerprint density at radius 1 is 1.57 bits per heavy atom. The number of hydrogen-bond donors (Lipinski definition) is 1. The van der Waals surface area contributed by atoms with Gasteiger partial charge in [-0.05, 0) is 12.8 Å². The van der Waals surface area contributed by atoms with Crippen LogP contribution in [0.2, 0.25) is 0 Å². The summed E-state index contributed by atoms with van der Waals surface area (Å²) in [6.07, 6.45) is 2.94. The Balaban J connectivity index is 2.31. The summed E-state index contributed by atoms with van der Waals surface area (Å²) in [5.41, 5.74) is -0.192. The van der Waals surface area contributed by atoms with E-state index in [0.29, 0.717) is 6.61 Å². The molecule has 0 aliphatic carbocycles. The fraction of sp³-hybridized carbons (Fsp3) is 0.900. The molecule has 0 bridgehead atoms. The molecule has 0 aromatic rings. The second-order valence-electron chi connectivity index (χ2n) is 3.64. The Labute approximate surface area is 85.0 Å². The quantitative estimate of drug-likeness (QED) is 0.689. The lowest BCUT2D eigenvalue weighted by molar-refractivity contribution is 0.110. The average molecular weight is 201 g/mol. The topological polar surface area (TPSA) is 50.9 Å². The van der Waals surface area contributed by atoms with Crippen molar-refractivity contribution in [1.29, 1.82) is 0 Å². The molecule has 1 rings (SSSR count). The average Bonchev–Trinajstić information content (AvgIpc) is 2.90. The van der Waals surface area contributed by atoms with Crippen molar-refractivity contribution in [1.82, 2.24) is 5.32 Å². The van der Waals surface area contributed by atoms with Crippen LogP contribution in [0, 0.1) is 0 Å². The third kappa shape index (κ3) is 2.38. The summed E-state index contributed by atoms with van der Waals surface area (Å²) in [4.78, 5) is 10.9. The zero-order chi connectivity index (χ0) is 10.6. The summed E-state index contributed by atoms with van der Waals surface area (Å²) in [7, 11) is 1.55. The molecule has 1 saturated heterocycles. The Morgan fingerprint density at radius 3 is 2.79 bits per heavy atom. The van der Waals surface area contributed by atoms with E-state index in [0.717, 1.165) is 19.3 Å². The fourth-order valence-corrected chi connectivity index (χ4v) is 1.63. The summed E-state index contributed by atoms with van der Waals surface area (Å²) >= 11 is 0. The second kappa shape index (κ2) is 4.64. The summed E-state index contributed by atoms with van der Waals surface area (Å²) in [5, 5.41) is 2.42. The molecule has 1 aliphatic heterocycles. The molecule has 0 aromatic carbocycles. The number of rotatable bonds is 5. The van der Waals surface area contributed by atoms with Gasteiger partial charge in [-0.25, -0.2) is 4.79 Å². The van der Waals surface area contributed by atoms with Crippen LogP contribution >= 0.6 is 0 Å². The van der Waals surface area contributed by atoms with Crippen LogP contribution in [0.3, 0.4) is 0 Å². The van der Waals surface area contributed by atoms with Crippen molar-refractivity contribution >= 4 is 6.09 Å². The first-order valence-electron chi connectivity index (χ1n) is 5.20. The molecule has 0 aromatic heterocycles. The molecular formula is C10H19NO3. The van der Waals surface area contributed by atoms with E-state index in [-0.39, 0.29) is 17.8 Å². The number of epoxide rings is 1. The van der Waals surface area contributed by atoms with Crippen LogP contribution in [0.25, 0.3) is 0 Å². The van der Waals surface area contributed by atoms with Crippen molar-refractivity contribution in [2.24, 2.45) is 0 Å². The van der Waals surface area contributed by atoms with E-state index in [4.69, 9.17) is 9.47 Å². The molecule has 0 saturated carbocycles. The molecule has 2 atom stereocenters. The lowest BCUT2D eigenvalue weighted by Gasteiger charge is -2.10. The van der Waals surface area contributed by atoms with Crippen molar-refractivity contribution in [3.05, 3.63) is 0 Å². The molecule has 0 spiro atoms. The normalized spacial score (nSPS) is 29.8. The highest BCUT2D eigenvalue weighted by molar-refractivity contribution is 5.66. The first-order chi connectivity index (χ1) is 6.68. The van der Waals surface area contributed by atoms with Gasteiger partial charge in [0.1, 0.15) is 12.2 Å². The minimum Gasteiger partial charge on any atom is -0.446 e. The van der Waals surface area contributed by atoms with Gasteiger partial charge in [-0.1, -0.05) is 20.3 Å². The van der Waals surface area contributed by atoms with Crippen LogP contribution < -0.4 is 5.32 Å². The highest BCUT2D eigenvalue weighted by Gasteiger charge is 2.55. The van der Waals surface area contributed by atoms with Crippen LogP contribution in [-0.4, -0.2) is 31.5 Å². The predicted octanol–water partition coefficient (Wildman–Crippen LogP) is 1.69. The second-order valence-corrected chi connectivity index (χ2v) is 3.64. The summed E-state index contributed by atoms with van der Waals surface area (Å²) in [5.74, 6) is 0. The van der Waals surface area contributed by atoms with Crippen molar-refractivity contribution in [2.45, 2.75) is 44.8 Å². The van der Waals surface area contributed by atoms with Crippen molar-refractivity contribution in [3.63, 3.8) is 0 Å². The van der Waals surface area contributed by atoms with Gasteiger partial charge in [-0.15, -0.1) is 0 Å². The molecule has 4 heteroatoms. The number of ether oxygens (including phenoxy) is 2. The molecule has 1 aliphatic rings. The van der Waals surface area contributed by atoms with Crippen LogP contribution in [-0.2, 0) is 9.47 Å². The highest BCUT2D eigenvalue weighted by Crippen LogP contribution is 2.42. The number of alkyl carbamates (subject to hydrolysis) is 1. The molecule has 82 valence electrons. The summed E-state index contributed by atoms with van der Waals surface area (Å²) in [6.45, 7) is 4.55. The maximum Gasteiger partial charge on any atom is 0.406 e. The Morgan fingerprint density at radius 2 is 2.29 bits per heavy atom. The number of nitrogens with one attached hydrogen (secondary N) is 1. The van der Waals surface area contributed by atoms with E-state index in [1.807, 2.05) is 0 Å². The summed E-state index contributed by atoms with van der Waals surface area (Å²) in [6, 6.07) is 0. The molecular weight excluding hydrogens is 182 g/mol. The van der Waals surface area contributed by atoms with Crippen LogP contribution in [0.4, 0.5) is 4.79 Å². The van der Waals surface area contributed by atoms with Gasteiger partial charge >= 0.3 is 6.09 Å². The Hall–Kier alpha value is -0.770. The van der Waals surface area contributed by atoms with Gasteiger partial charge in [0.15, 0.2) is 0 Å². The van der Waals surface area contributed by atoms with Crippen LogP contribution in [0.1, 0.15) is 33.1 Å². The third-order valence-corrected chi connectivity index (χ3v) is 2.71. The fourth-order valence-electron chi connectivity index (χ4n) is 1.63. The van der Waals surface area contributed by atoms with Gasteiger partial charge in [-0.3, -0.25) is 0 Å². The molecule has 0 unspecified atom stereocenters. The Bertz CT molecular complexity index is 208. The lowest BCUT2D eigenvalue weighted by atomic mass is 10.0. The van der Waals surface area contributed by atoms with Gasteiger partial charge in [0.05, 0.1) is 6.10 Å². The lowest BCUT2D eigenvalue weighted by Crippen LogP contribution is -2.28. The SMILES string of the molecule is CCC[C@H]1O[C@]1(CC)COC(=O)NC. The van der Waals surface area contributed by atoms with Gasteiger partial charge in [0.2, 0.25) is 0 Å². The van der Waals surface area contributed by atoms with E-state index in [9.17, 15) is 4.79 Å². The first-order valence-corrected chi connectivity index (χ1v) is 5.20. The molecule has 0 radical (unpaired) electrons. The van der Waals surface area contributed by atoms with E-state index < -0.39 is 0 Å². The summed E-state index contributed by atoms with van der Waals surface area (Å²) < 4.78 is 10.6. The maximum absolute atomic E-state index is 10.9. The van der Waals surface area contributed by atoms with Gasteiger partial charge in [0, 0.05) is 7.05 Å².